The number of hydrogen-bond donors (Lipinski definition) is 1. The standard InChI is InChI=1S/C7H8O3/c1-3-4-10-5-6(2)7(8)9/h1H,2,4-5H2,(H,8,9). The van der Waals surface area contributed by atoms with Crippen molar-refractivity contribution in [2.45, 2.75) is 0 Å². The number of rotatable bonds is 4. The van der Waals surface area contributed by atoms with E-state index in [2.05, 4.69) is 17.2 Å². The summed E-state index contributed by atoms with van der Waals surface area (Å²) in [5, 5.41) is 8.25. The first-order chi connectivity index (χ1) is 4.68. The monoisotopic (exact) mass is 140 g/mol. The second kappa shape index (κ2) is 4.59. The van der Waals surface area contributed by atoms with E-state index in [1.54, 1.807) is 0 Å². The zero-order valence-electron chi connectivity index (χ0n) is 5.46. The van der Waals surface area contributed by atoms with Gasteiger partial charge in [0.2, 0.25) is 0 Å². The summed E-state index contributed by atoms with van der Waals surface area (Å²) in [6.07, 6.45) is 4.84. The first kappa shape index (κ1) is 8.73. The van der Waals surface area contributed by atoms with Gasteiger partial charge in [0.05, 0.1) is 12.2 Å². The summed E-state index contributed by atoms with van der Waals surface area (Å²) >= 11 is 0. The number of terminal acetylenes is 1. The summed E-state index contributed by atoms with van der Waals surface area (Å²) in [4.78, 5) is 10.1. The van der Waals surface area contributed by atoms with Gasteiger partial charge in [-0.3, -0.25) is 0 Å². The third kappa shape index (κ3) is 3.70. The quantitative estimate of drug-likeness (QED) is 0.346. The lowest BCUT2D eigenvalue weighted by molar-refractivity contribution is -0.133. The number of hydrogen-bond acceptors (Lipinski definition) is 2. The third-order valence-electron chi connectivity index (χ3n) is 0.764. The Kier molecular flexibility index (Phi) is 4.01. The molecule has 0 aromatic rings. The molecule has 0 aromatic heterocycles. The largest absolute Gasteiger partial charge is 0.478 e. The third-order valence-corrected chi connectivity index (χ3v) is 0.764. The average molecular weight is 140 g/mol. The van der Waals surface area contributed by atoms with Crippen LogP contribution in [0.4, 0.5) is 0 Å². The molecule has 0 fully saturated rings. The zero-order chi connectivity index (χ0) is 7.98. The number of carboxylic acids is 1. The minimum atomic E-state index is -1.06. The van der Waals surface area contributed by atoms with Crippen molar-refractivity contribution in [2.24, 2.45) is 0 Å². The fourth-order valence-electron chi connectivity index (χ4n) is 0.295. The fraction of sp³-hybridized carbons (Fsp3) is 0.286. The fourth-order valence-corrected chi connectivity index (χ4v) is 0.295. The van der Waals surface area contributed by atoms with Crippen molar-refractivity contribution in [2.75, 3.05) is 13.2 Å². The maximum atomic E-state index is 10.1. The highest BCUT2D eigenvalue weighted by Crippen LogP contribution is 1.89. The van der Waals surface area contributed by atoms with E-state index < -0.39 is 5.97 Å². The van der Waals surface area contributed by atoms with Gasteiger partial charge in [0.15, 0.2) is 0 Å². The Labute approximate surface area is 59.3 Å². The molecular weight excluding hydrogens is 132 g/mol. The van der Waals surface area contributed by atoms with Gasteiger partial charge >= 0.3 is 5.97 Å². The van der Waals surface area contributed by atoms with Crippen molar-refractivity contribution in [1.82, 2.24) is 0 Å². The van der Waals surface area contributed by atoms with E-state index in [-0.39, 0.29) is 18.8 Å². The van der Waals surface area contributed by atoms with E-state index in [4.69, 9.17) is 11.5 Å². The molecule has 3 heteroatoms. The molecular formula is C7H8O3. The van der Waals surface area contributed by atoms with Gasteiger partial charge in [0.1, 0.15) is 6.61 Å². The molecule has 0 radical (unpaired) electrons. The highest BCUT2D eigenvalue weighted by Gasteiger charge is 2.01. The Balaban J connectivity index is 3.43. The van der Waals surface area contributed by atoms with Gasteiger partial charge in [0.25, 0.3) is 0 Å². The van der Waals surface area contributed by atoms with Crippen LogP contribution in [0, 0.1) is 12.3 Å². The summed E-state index contributed by atoms with van der Waals surface area (Å²) in [6.45, 7) is 3.34. The van der Waals surface area contributed by atoms with Crippen LogP contribution in [-0.2, 0) is 9.53 Å². The molecule has 0 saturated heterocycles. The van der Waals surface area contributed by atoms with Gasteiger partial charge in [-0.25, -0.2) is 4.79 Å². The number of carboxylic acid groups (broad SMARTS) is 1. The van der Waals surface area contributed by atoms with Gasteiger partial charge in [-0.1, -0.05) is 12.5 Å². The summed E-state index contributed by atoms with van der Waals surface area (Å²) in [6, 6.07) is 0. The van der Waals surface area contributed by atoms with Crippen LogP contribution in [0.1, 0.15) is 0 Å². The molecule has 0 spiro atoms. The molecule has 0 aromatic carbocycles. The second-order valence-corrected chi connectivity index (χ2v) is 1.61. The van der Waals surface area contributed by atoms with Crippen LogP contribution in [0.3, 0.4) is 0 Å². The van der Waals surface area contributed by atoms with E-state index in [1.165, 1.54) is 0 Å². The van der Waals surface area contributed by atoms with E-state index in [0.717, 1.165) is 0 Å². The lowest BCUT2D eigenvalue weighted by Crippen LogP contribution is -2.06. The average Bonchev–Trinajstić information content (AvgIpc) is 1.88. The molecule has 0 aliphatic heterocycles. The lowest BCUT2D eigenvalue weighted by Gasteiger charge is -1.97. The van der Waals surface area contributed by atoms with Crippen LogP contribution in [0.5, 0.6) is 0 Å². The molecule has 0 rings (SSSR count). The van der Waals surface area contributed by atoms with E-state index >= 15 is 0 Å². The predicted octanol–water partition coefficient (Wildman–Crippen LogP) is 0.277. The van der Waals surface area contributed by atoms with E-state index in [0.29, 0.717) is 0 Å². The molecule has 0 heterocycles. The number of ether oxygens (including phenoxy) is 1. The molecule has 0 atom stereocenters. The van der Waals surface area contributed by atoms with Crippen molar-refractivity contribution >= 4 is 5.97 Å². The van der Waals surface area contributed by atoms with E-state index in [1.807, 2.05) is 0 Å². The molecule has 0 bridgehead atoms. The minimum absolute atomic E-state index is 0.00949. The highest BCUT2D eigenvalue weighted by atomic mass is 16.5. The molecule has 1 N–H and O–H groups in total. The predicted molar refractivity (Wildman–Crippen MR) is 36.4 cm³/mol. The Bertz CT molecular complexity index is 176. The molecule has 3 nitrogen and oxygen atoms in total. The maximum absolute atomic E-state index is 10.1. The Morgan fingerprint density at radius 3 is 2.80 bits per heavy atom. The van der Waals surface area contributed by atoms with Crippen molar-refractivity contribution in [3.8, 4) is 12.3 Å². The van der Waals surface area contributed by atoms with Crippen molar-refractivity contribution in [3.05, 3.63) is 12.2 Å². The minimum Gasteiger partial charge on any atom is -0.478 e. The summed E-state index contributed by atoms with van der Waals surface area (Å²) < 4.78 is 4.69. The SMILES string of the molecule is C#CCOCC(=C)C(=O)O. The smallest absolute Gasteiger partial charge is 0.333 e. The summed E-state index contributed by atoms with van der Waals surface area (Å²) in [5.41, 5.74) is 0.00949. The highest BCUT2D eigenvalue weighted by molar-refractivity contribution is 5.85. The van der Waals surface area contributed by atoms with Gasteiger partial charge < -0.3 is 9.84 Å². The number of aliphatic carboxylic acids is 1. The number of carbonyl (C=O) groups is 1. The van der Waals surface area contributed by atoms with Gasteiger partial charge in [0, 0.05) is 0 Å². The topological polar surface area (TPSA) is 46.5 Å². The molecule has 0 amide bonds. The Hall–Kier alpha value is -1.27. The van der Waals surface area contributed by atoms with Crippen LogP contribution in [0.15, 0.2) is 12.2 Å². The van der Waals surface area contributed by atoms with Crippen LogP contribution >= 0.6 is 0 Å². The van der Waals surface area contributed by atoms with Crippen LogP contribution < -0.4 is 0 Å². The first-order valence-electron chi connectivity index (χ1n) is 2.60. The van der Waals surface area contributed by atoms with Gasteiger partial charge in [-0.2, -0.15) is 0 Å². The van der Waals surface area contributed by atoms with E-state index in [9.17, 15) is 4.79 Å². The summed E-state index contributed by atoms with van der Waals surface area (Å²) in [7, 11) is 0. The maximum Gasteiger partial charge on any atom is 0.333 e. The molecule has 0 saturated carbocycles. The van der Waals surface area contributed by atoms with Crippen molar-refractivity contribution in [1.29, 1.82) is 0 Å². The van der Waals surface area contributed by atoms with Gasteiger partial charge in [-0.15, -0.1) is 6.42 Å². The Morgan fingerprint density at radius 1 is 1.80 bits per heavy atom. The zero-order valence-corrected chi connectivity index (χ0v) is 5.46. The summed E-state index contributed by atoms with van der Waals surface area (Å²) in [5.74, 6) is 1.15. The van der Waals surface area contributed by atoms with Gasteiger partial charge in [-0.05, 0) is 0 Å². The molecule has 54 valence electrons. The molecule has 0 aliphatic rings. The molecule has 10 heavy (non-hydrogen) atoms. The van der Waals surface area contributed by atoms with Crippen LogP contribution in [0.2, 0.25) is 0 Å². The van der Waals surface area contributed by atoms with Crippen molar-refractivity contribution < 1.29 is 14.6 Å². The van der Waals surface area contributed by atoms with Crippen LogP contribution in [0.25, 0.3) is 0 Å². The first-order valence-corrected chi connectivity index (χ1v) is 2.60. The van der Waals surface area contributed by atoms with Crippen molar-refractivity contribution in [3.63, 3.8) is 0 Å². The molecule has 0 unspecified atom stereocenters. The normalized spacial score (nSPS) is 8.30. The molecule has 0 aliphatic carbocycles. The van der Waals surface area contributed by atoms with Crippen LogP contribution in [-0.4, -0.2) is 24.3 Å². The lowest BCUT2D eigenvalue weighted by atomic mass is 10.3. The second-order valence-electron chi connectivity index (χ2n) is 1.61. The Morgan fingerprint density at radius 2 is 2.40 bits per heavy atom.